The first kappa shape index (κ1) is 19.7. The fourth-order valence-corrected chi connectivity index (χ4v) is 2.39. The highest BCUT2D eigenvalue weighted by Gasteiger charge is 2.16. The van der Waals surface area contributed by atoms with Crippen molar-refractivity contribution in [2.24, 2.45) is 0 Å². The quantitative estimate of drug-likeness (QED) is 0.362. The molecule has 0 radical (unpaired) electrons. The van der Waals surface area contributed by atoms with Crippen LogP contribution in [0.3, 0.4) is 0 Å². The molecule has 0 aliphatic heterocycles. The molecule has 0 aliphatic carbocycles. The highest BCUT2D eigenvalue weighted by Crippen LogP contribution is 2.15. The molecule has 2 N–H and O–H groups in total. The third-order valence-electron chi connectivity index (χ3n) is 3.69. The second-order valence-electron chi connectivity index (χ2n) is 5.91. The van der Waals surface area contributed by atoms with Gasteiger partial charge in [-0.15, -0.1) is 0 Å². The summed E-state index contributed by atoms with van der Waals surface area (Å²) in [4.78, 5) is 36.0. The van der Waals surface area contributed by atoms with E-state index in [1.807, 2.05) is 0 Å². The van der Waals surface area contributed by atoms with Crippen LogP contribution in [0.4, 0.5) is 0 Å². The van der Waals surface area contributed by atoms with Crippen LogP contribution in [0, 0.1) is 0 Å². The summed E-state index contributed by atoms with van der Waals surface area (Å²) in [6.07, 6.45) is 4.36. The summed E-state index contributed by atoms with van der Waals surface area (Å²) < 4.78 is 15.2. The lowest BCUT2D eigenvalue weighted by Crippen LogP contribution is -2.34. The molecule has 2 aromatic heterocycles. The first-order chi connectivity index (χ1) is 14.0. The molecule has 29 heavy (non-hydrogen) atoms. The van der Waals surface area contributed by atoms with Gasteiger partial charge in [0.15, 0.2) is 5.76 Å². The Kier molecular flexibility index (Phi) is 6.26. The molecule has 0 spiro atoms. The molecule has 1 aromatic carbocycles. The van der Waals surface area contributed by atoms with Crippen LogP contribution in [0.1, 0.15) is 28.8 Å². The molecule has 2 heterocycles. The Morgan fingerprint density at radius 2 is 1.72 bits per heavy atom. The Hall–Kier alpha value is -4.07. The highest BCUT2D eigenvalue weighted by molar-refractivity contribution is 6.04. The number of carbonyl (C=O) groups is 3. The van der Waals surface area contributed by atoms with Gasteiger partial charge >= 0.3 is 5.97 Å². The van der Waals surface area contributed by atoms with Crippen LogP contribution in [-0.2, 0) is 16.1 Å². The normalized spacial score (nSPS) is 11.0. The molecule has 2 amide bonds. The third kappa shape index (κ3) is 5.70. The Labute approximate surface area is 166 Å². The van der Waals surface area contributed by atoms with E-state index in [9.17, 15) is 14.4 Å². The number of benzene rings is 1. The monoisotopic (exact) mass is 394 g/mol. The molecule has 3 rings (SSSR count). The lowest BCUT2D eigenvalue weighted by Gasteiger charge is -2.10. The smallest absolute Gasteiger partial charge is 0.308 e. The van der Waals surface area contributed by atoms with Crippen molar-refractivity contribution in [3.63, 3.8) is 0 Å². The molecule has 0 fully saturated rings. The minimum Gasteiger partial charge on any atom is -0.467 e. The number of hydrogen-bond acceptors (Lipinski definition) is 6. The van der Waals surface area contributed by atoms with Gasteiger partial charge in [-0.2, -0.15) is 0 Å². The second-order valence-corrected chi connectivity index (χ2v) is 5.91. The van der Waals surface area contributed by atoms with Crippen LogP contribution in [0.2, 0.25) is 0 Å². The van der Waals surface area contributed by atoms with Crippen LogP contribution in [-0.4, -0.2) is 17.8 Å². The van der Waals surface area contributed by atoms with E-state index in [0.29, 0.717) is 17.1 Å². The summed E-state index contributed by atoms with van der Waals surface area (Å²) in [5.41, 5.74) is 0.627. The first-order valence-corrected chi connectivity index (χ1v) is 8.67. The van der Waals surface area contributed by atoms with E-state index in [2.05, 4.69) is 10.6 Å². The summed E-state index contributed by atoms with van der Waals surface area (Å²) in [5, 5.41) is 5.22. The van der Waals surface area contributed by atoms with Gasteiger partial charge in [-0.3, -0.25) is 14.4 Å². The maximum Gasteiger partial charge on any atom is 0.308 e. The van der Waals surface area contributed by atoms with Gasteiger partial charge in [-0.25, -0.2) is 0 Å². The number of carbonyl (C=O) groups excluding carboxylic acids is 3. The number of esters is 1. The van der Waals surface area contributed by atoms with E-state index in [0.717, 1.165) is 0 Å². The predicted octanol–water partition coefficient (Wildman–Crippen LogP) is 2.89. The second kappa shape index (κ2) is 9.23. The molecular formula is C21H18N2O6. The average Bonchev–Trinajstić information content (AvgIpc) is 3.40. The zero-order chi connectivity index (χ0) is 20.6. The van der Waals surface area contributed by atoms with E-state index in [-0.39, 0.29) is 18.0 Å². The Bertz CT molecular complexity index is 1000. The topological polar surface area (TPSA) is 111 Å². The molecule has 148 valence electrons. The number of ether oxygens (including phenoxy) is 1. The fourth-order valence-electron chi connectivity index (χ4n) is 2.39. The summed E-state index contributed by atoms with van der Waals surface area (Å²) >= 11 is 0. The standard InChI is InChI=1S/C21H18N2O6/c1-14(24)29-16-8-6-15(7-9-16)12-18(23-21(26)19-5-3-11-28-19)20(25)22-13-17-4-2-10-27-17/h2-12H,13H2,1H3,(H,22,25)(H,23,26)/b18-12+. The van der Waals surface area contributed by atoms with Gasteiger partial charge in [0.25, 0.3) is 11.8 Å². The van der Waals surface area contributed by atoms with Crippen molar-refractivity contribution in [3.8, 4) is 5.75 Å². The van der Waals surface area contributed by atoms with Gasteiger partial charge in [0.2, 0.25) is 0 Å². The van der Waals surface area contributed by atoms with Crippen molar-refractivity contribution < 1.29 is 28.0 Å². The maximum absolute atomic E-state index is 12.6. The number of amides is 2. The Morgan fingerprint density at radius 3 is 2.34 bits per heavy atom. The minimum absolute atomic E-state index is 0.0122. The van der Waals surface area contributed by atoms with Crippen LogP contribution in [0.5, 0.6) is 5.75 Å². The average molecular weight is 394 g/mol. The molecule has 8 nitrogen and oxygen atoms in total. The van der Waals surface area contributed by atoms with Crippen LogP contribution < -0.4 is 15.4 Å². The van der Waals surface area contributed by atoms with Gasteiger partial charge < -0.3 is 24.2 Å². The summed E-state index contributed by atoms with van der Waals surface area (Å²) in [5.74, 6) is -0.493. The molecule has 0 aliphatic rings. The van der Waals surface area contributed by atoms with Crippen molar-refractivity contribution in [1.82, 2.24) is 10.6 Å². The van der Waals surface area contributed by atoms with Crippen LogP contribution in [0.25, 0.3) is 6.08 Å². The zero-order valence-electron chi connectivity index (χ0n) is 15.5. The third-order valence-corrected chi connectivity index (χ3v) is 3.69. The maximum atomic E-state index is 12.6. The van der Waals surface area contributed by atoms with Gasteiger partial charge in [0, 0.05) is 6.92 Å². The Balaban J connectivity index is 1.78. The summed E-state index contributed by atoms with van der Waals surface area (Å²) in [6.45, 7) is 1.46. The van der Waals surface area contributed by atoms with E-state index >= 15 is 0 Å². The number of furan rings is 2. The molecule has 3 aromatic rings. The minimum atomic E-state index is -0.564. The lowest BCUT2D eigenvalue weighted by molar-refractivity contribution is -0.131. The predicted molar refractivity (Wildman–Crippen MR) is 102 cm³/mol. The molecule has 0 atom stereocenters. The van der Waals surface area contributed by atoms with Crippen molar-refractivity contribution in [2.45, 2.75) is 13.5 Å². The fraction of sp³-hybridized carbons (Fsp3) is 0.0952. The summed E-state index contributed by atoms with van der Waals surface area (Å²) in [6, 6.07) is 13.0. The van der Waals surface area contributed by atoms with Gasteiger partial charge in [0.05, 0.1) is 19.1 Å². The van der Waals surface area contributed by atoms with Crippen molar-refractivity contribution in [1.29, 1.82) is 0 Å². The van der Waals surface area contributed by atoms with E-state index in [1.165, 1.54) is 31.6 Å². The number of rotatable bonds is 7. The van der Waals surface area contributed by atoms with E-state index < -0.39 is 17.8 Å². The van der Waals surface area contributed by atoms with Gasteiger partial charge in [-0.05, 0) is 48.0 Å². The van der Waals surface area contributed by atoms with Gasteiger partial charge in [-0.1, -0.05) is 12.1 Å². The molecule has 8 heteroatoms. The first-order valence-electron chi connectivity index (χ1n) is 8.67. The molecule has 0 saturated heterocycles. The van der Waals surface area contributed by atoms with Crippen LogP contribution in [0.15, 0.2) is 75.6 Å². The van der Waals surface area contributed by atoms with E-state index in [4.69, 9.17) is 13.6 Å². The lowest BCUT2D eigenvalue weighted by atomic mass is 10.1. The number of nitrogens with one attached hydrogen (secondary N) is 2. The summed E-state index contributed by atoms with van der Waals surface area (Å²) in [7, 11) is 0. The van der Waals surface area contributed by atoms with Crippen molar-refractivity contribution in [3.05, 3.63) is 83.8 Å². The van der Waals surface area contributed by atoms with E-state index in [1.54, 1.807) is 42.5 Å². The highest BCUT2D eigenvalue weighted by atomic mass is 16.5. The molecular weight excluding hydrogens is 376 g/mol. The SMILES string of the molecule is CC(=O)Oc1ccc(/C=C(/NC(=O)c2ccco2)C(=O)NCc2ccco2)cc1. The number of hydrogen-bond donors (Lipinski definition) is 2. The molecule has 0 saturated carbocycles. The van der Waals surface area contributed by atoms with Gasteiger partial charge in [0.1, 0.15) is 17.2 Å². The molecule has 0 bridgehead atoms. The largest absolute Gasteiger partial charge is 0.467 e. The van der Waals surface area contributed by atoms with Crippen LogP contribution >= 0.6 is 0 Å². The Morgan fingerprint density at radius 1 is 1.00 bits per heavy atom. The van der Waals surface area contributed by atoms with Crippen molar-refractivity contribution >= 4 is 23.9 Å². The zero-order valence-corrected chi connectivity index (χ0v) is 15.5. The van der Waals surface area contributed by atoms with Crippen molar-refractivity contribution in [2.75, 3.05) is 0 Å². The molecule has 0 unspecified atom stereocenters.